The molecular weight excluding hydrogens is 190 g/mol. The van der Waals surface area contributed by atoms with Gasteiger partial charge in [-0.1, -0.05) is 5.11 Å². The molecule has 1 saturated heterocycles. The molecule has 0 saturated carbocycles. The first kappa shape index (κ1) is 11.2. The Hall–Kier alpha value is -0.850. The molecule has 14 heavy (non-hydrogen) atoms. The third-order valence-electron chi connectivity index (χ3n) is 2.23. The predicted molar refractivity (Wildman–Crippen MR) is 46.3 cm³/mol. The molecule has 1 rings (SSSR count). The van der Waals surface area contributed by atoms with Crippen LogP contribution in [0.5, 0.6) is 0 Å². The van der Waals surface area contributed by atoms with Gasteiger partial charge in [0.2, 0.25) is 0 Å². The number of rotatable bonds is 2. The zero-order valence-corrected chi connectivity index (χ0v) is 7.94. The summed E-state index contributed by atoms with van der Waals surface area (Å²) >= 11 is 0. The van der Waals surface area contributed by atoms with E-state index in [0.717, 1.165) is 0 Å². The highest BCUT2D eigenvalue weighted by molar-refractivity contribution is 4.91. The van der Waals surface area contributed by atoms with E-state index in [1.807, 2.05) is 0 Å². The molecule has 0 aromatic heterocycles. The van der Waals surface area contributed by atoms with Crippen molar-refractivity contribution in [3.05, 3.63) is 10.4 Å². The molecule has 0 aliphatic carbocycles. The van der Waals surface area contributed by atoms with Gasteiger partial charge in [-0.05, 0) is 12.5 Å². The molecule has 0 aromatic rings. The minimum atomic E-state index is -1.17. The summed E-state index contributed by atoms with van der Waals surface area (Å²) in [6.45, 7) is 1.60. The third-order valence-corrected chi connectivity index (χ3v) is 2.23. The molecular formula is C7H13N3O4. The third kappa shape index (κ3) is 1.97. The summed E-state index contributed by atoms with van der Waals surface area (Å²) in [4.78, 5) is 2.56. The fourth-order valence-corrected chi connectivity index (χ4v) is 1.39. The molecule has 1 aliphatic heterocycles. The molecule has 0 aromatic carbocycles. The van der Waals surface area contributed by atoms with Gasteiger partial charge in [0.05, 0.1) is 12.2 Å². The van der Waals surface area contributed by atoms with Crippen LogP contribution in [0.1, 0.15) is 6.92 Å². The van der Waals surface area contributed by atoms with Crippen LogP contribution >= 0.6 is 0 Å². The minimum Gasteiger partial charge on any atom is -0.390 e. The van der Waals surface area contributed by atoms with Gasteiger partial charge in [-0.2, -0.15) is 0 Å². The Labute approximate surface area is 80.9 Å². The van der Waals surface area contributed by atoms with Gasteiger partial charge in [0.15, 0.2) is 6.29 Å². The molecule has 80 valence electrons. The Morgan fingerprint density at radius 2 is 2.07 bits per heavy atom. The number of nitrogens with zero attached hydrogens (tertiary/aromatic N) is 3. The van der Waals surface area contributed by atoms with E-state index in [4.69, 9.17) is 15.0 Å². The number of azide groups is 1. The second-order valence-electron chi connectivity index (χ2n) is 3.12. The van der Waals surface area contributed by atoms with E-state index < -0.39 is 30.6 Å². The van der Waals surface area contributed by atoms with E-state index in [0.29, 0.717) is 0 Å². The van der Waals surface area contributed by atoms with Crippen LogP contribution in [0.25, 0.3) is 10.4 Å². The van der Waals surface area contributed by atoms with E-state index in [-0.39, 0.29) is 0 Å². The van der Waals surface area contributed by atoms with Gasteiger partial charge >= 0.3 is 0 Å². The van der Waals surface area contributed by atoms with Crippen molar-refractivity contribution in [1.29, 1.82) is 0 Å². The molecule has 5 atom stereocenters. The van der Waals surface area contributed by atoms with Crippen LogP contribution in [0.4, 0.5) is 0 Å². The lowest BCUT2D eigenvalue weighted by molar-refractivity contribution is -0.246. The van der Waals surface area contributed by atoms with Crippen molar-refractivity contribution < 1.29 is 19.7 Å². The summed E-state index contributed by atoms with van der Waals surface area (Å²) in [5.74, 6) is 0. The van der Waals surface area contributed by atoms with Gasteiger partial charge in [0.1, 0.15) is 12.1 Å². The standard InChI is InChI=1S/C7H13N3O4/c1-3-5(11)6(12)4(9-10-8)7(13-2)14-3/h3-7,11-12H,1-2H3/t3-,4-,5+,6-,7?/m1/s1. The highest BCUT2D eigenvalue weighted by Gasteiger charge is 2.42. The van der Waals surface area contributed by atoms with Crippen LogP contribution in [0.3, 0.4) is 0 Å². The van der Waals surface area contributed by atoms with Crippen molar-refractivity contribution in [2.75, 3.05) is 7.11 Å². The Bertz CT molecular complexity index is 241. The first-order chi connectivity index (χ1) is 6.61. The first-order valence-corrected chi connectivity index (χ1v) is 4.20. The van der Waals surface area contributed by atoms with Gasteiger partial charge in [-0.3, -0.25) is 0 Å². The summed E-state index contributed by atoms with van der Waals surface area (Å²) in [7, 11) is 1.38. The lowest BCUT2D eigenvalue weighted by Gasteiger charge is -2.38. The average molecular weight is 203 g/mol. The summed E-state index contributed by atoms with van der Waals surface area (Å²) in [5.41, 5.74) is 8.26. The molecule has 1 aliphatic rings. The largest absolute Gasteiger partial charge is 0.390 e. The maximum Gasteiger partial charge on any atom is 0.168 e. The molecule has 7 nitrogen and oxygen atoms in total. The summed E-state index contributed by atoms with van der Waals surface area (Å²) in [6, 6.07) is -0.920. The molecule has 0 amide bonds. The first-order valence-electron chi connectivity index (χ1n) is 4.20. The number of ether oxygens (including phenoxy) is 2. The maximum atomic E-state index is 9.57. The quantitative estimate of drug-likeness (QED) is 0.367. The normalized spacial score (nSPS) is 43.0. The smallest absolute Gasteiger partial charge is 0.168 e. The molecule has 1 heterocycles. The van der Waals surface area contributed by atoms with Crippen molar-refractivity contribution in [3.8, 4) is 0 Å². The second kappa shape index (κ2) is 4.59. The number of aliphatic hydroxyl groups is 2. The Balaban J connectivity index is 2.82. The fraction of sp³-hybridized carbons (Fsp3) is 1.00. The molecule has 0 spiro atoms. The van der Waals surface area contributed by atoms with Gasteiger partial charge in [0, 0.05) is 12.0 Å². The van der Waals surface area contributed by atoms with Crippen molar-refractivity contribution in [3.63, 3.8) is 0 Å². The van der Waals surface area contributed by atoms with Crippen LogP contribution in [-0.2, 0) is 9.47 Å². The Kier molecular flexibility index (Phi) is 3.68. The minimum absolute atomic E-state index is 0.555. The fourth-order valence-electron chi connectivity index (χ4n) is 1.39. The molecule has 1 unspecified atom stereocenters. The highest BCUT2D eigenvalue weighted by atomic mass is 16.7. The van der Waals surface area contributed by atoms with Crippen molar-refractivity contribution in [2.24, 2.45) is 5.11 Å². The lowest BCUT2D eigenvalue weighted by atomic mass is 9.98. The van der Waals surface area contributed by atoms with Gasteiger partial charge in [-0.25, -0.2) is 0 Å². The molecule has 0 bridgehead atoms. The Morgan fingerprint density at radius 3 is 2.57 bits per heavy atom. The number of hydrogen-bond acceptors (Lipinski definition) is 5. The lowest BCUT2D eigenvalue weighted by Crippen LogP contribution is -2.56. The Morgan fingerprint density at radius 1 is 1.43 bits per heavy atom. The van der Waals surface area contributed by atoms with Crippen LogP contribution in [-0.4, -0.2) is 48.0 Å². The van der Waals surface area contributed by atoms with Crippen LogP contribution in [0.2, 0.25) is 0 Å². The average Bonchev–Trinajstić information content (AvgIpc) is 2.19. The van der Waals surface area contributed by atoms with Crippen molar-refractivity contribution in [2.45, 2.75) is 37.6 Å². The number of aliphatic hydroxyl groups excluding tert-OH is 2. The van der Waals surface area contributed by atoms with E-state index >= 15 is 0 Å². The highest BCUT2D eigenvalue weighted by Crippen LogP contribution is 2.23. The van der Waals surface area contributed by atoms with Crippen LogP contribution < -0.4 is 0 Å². The predicted octanol–water partition coefficient (Wildman–Crippen LogP) is -0.222. The molecule has 0 radical (unpaired) electrons. The van der Waals surface area contributed by atoms with Gasteiger partial charge in [-0.15, -0.1) is 0 Å². The molecule has 7 heteroatoms. The van der Waals surface area contributed by atoms with Crippen LogP contribution in [0.15, 0.2) is 5.11 Å². The number of methoxy groups -OCH3 is 1. The maximum absolute atomic E-state index is 9.57. The van der Waals surface area contributed by atoms with Crippen LogP contribution in [0, 0.1) is 0 Å². The monoisotopic (exact) mass is 203 g/mol. The summed E-state index contributed by atoms with van der Waals surface area (Å²) in [6.07, 6.45) is -3.61. The second-order valence-corrected chi connectivity index (χ2v) is 3.12. The number of hydrogen-bond donors (Lipinski definition) is 2. The summed E-state index contributed by atoms with van der Waals surface area (Å²) < 4.78 is 10.1. The SMILES string of the molecule is COC1O[C@H](C)[C@H](O)[C@H](O)[C@H]1N=[N+]=[N-]. The van der Waals surface area contributed by atoms with Gasteiger partial charge in [0.25, 0.3) is 0 Å². The van der Waals surface area contributed by atoms with Crippen molar-refractivity contribution >= 4 is 0 Å². The topological polar surface area (TPSA) is 108 Å². The molecule has 2 N–H and O–H groups in total. The molecule has 1 fully saturated rings. The van der Waals surface area contributed by atoms with E-state index in [2.05, 4.69) is 10.0 Å². The van der Waals surface area contributed by atoms with E-state index in [1.165, 1.54) is 7.11 Å². The van der Waals surface area contributed by atoms with E-state index in [9.17, 15) is 10.2 Å². The zero-order chi connectivity index (χ0) is 10.7. The zero-order valence-electron chi connectivity index (χ0n) is 7.94. The van der Waals surface area contributed by atoms with Gasteiger partial charge < -0.3 is 19.7 Å². The summed E-state index contributed by atoms with van der Waals surface area (Å²) in [5, 5.41) is 22.3. The van der Waals surface area contributed by atoms with Crippen molar-refractivity contribution in [1.82, 2.24) is 0 Å². The van der Waals surface area contributed by atoms with E-state index in [1.54, 1.807) is 6.92 Å².